The Hall–Kier alpha value is -1.23. The second-order valence-corrected chi connectivity index (χ2v) is 3.48. The number of Topliss-reactive ketones (excluding diaryl/α,β-unsaturated/α-hetero) is 1. The quantitative estimate of drug-likeness (QED) is 0.706. The third kappa shape index (κ3) is 1.50. The van der Waals surface area contributed by atoms with Crippen molar-refractivity contribution in [2.24, 2.45) is 0 Å². The minimum absolute atomic E-state index is 0.0278. The zero-order valence-electron chi connectivity index (χ0n) is 6.62. The number of carboxylic acids is 1. The summed E-state index contributed by atoms with van der Waals surface area (Å²) >= 11 is 1.02. The molecule has 0 fully saturated rings. The monoisotopic (exact) mass is 185 g/mol. The molecule has 1 aromatic rings. The summed E-state index contributed by atoms with van der Waals surface area (Å²) in [5.41, 5.74) is 0.0602. The van der Waals surface area contributed by atoms with Crippen molar-refractivity contribution in [2.45, 2.75) is 13.8 Å². The minimum Gasteiger partial charge on any atom is -0.477 e. The van der Waals surface area contributed by atoms with Crippen molar-refractivity contribution in [3.63, 3.8) is 0 Å². The molecule has 1 heterocycles. The lowest BCUT2D eigenvalue weighted by molar-refractivity contribution is 0.0697. The van der Waals surface area contributed by atoms with E-state index in [1.165, 1.54) is 6.92 Å². The van der Waals surface area contributed by atoms with Gasteiger partial charge in [-0.3, -0.25) is 4.79 Å². The molecule has 0 bridgehead atoms. The average molecular weight is 185 g/mol. The molecule has 0 radical (unpaired) electrons. The maximum absolute atomic E-state index is 10.9. The van der Waals surface area contributed by atoms with Crippen LogP contribution in [0.2, 0.25) is 0 Å². The third-order valence-electron chi connectivity index (χ3n) is 1.26. The molecule has 4 nitrogen and oxygen atoms in total. The standard InChI is InChI=1S/C7H7NO3S/c1-3(9)5-6(7(10)11)12-4(2)8-5/h1-2H3,(H,10,11). The number of hydrogen-bond donors (Lipinski definition) is 1. The highest BCUT2D eigenvalue weighted by molar-refractivity contribution is 7.13. The van der Waals surface area contributed by atoms with Gasteiger partial charge in [0, 0.05) is 6.92 Å². The first-order valence-corrected chi connectivity index (χ1v) is 4.05. The van der Waals surface area contributed by atoms with Gasteiger partial charge in [-0.1, -0.05) is 0 Å². The van der Waals surface area contributed by atoms with Gasteiger partial charge in [0.05, 0.1) is 5.01 Å². The van der Waals surface area contributed by atoms with Gasteiger partial charge in [-0.05, 0) is 6.92 Å². The Morgan fingerprint density at radius 1 is 1.50 bits per heavy atom. The lowest BCUT2D eigenvalue weighted by Crippen LogP contribution is -2.02. The van der Waals surface area contributed by atoms with Gasteiger partial charge in [-0.2, -0.15) is 0 Å². The molecule has 0 saturated carbocycles. The summed E-state index contributed by atoms with van der Waals surface area (Å²) < 4.78 is 0. The number of carboxylic acid groups (broad SMARTS) is 1. The van der Waals surface area contributed by atoms with E-state index in [2.05, 4.69) is 4.98 Å². The third-order valence-corrected chi connectivity index (χ3v) is 2.22. The number of rotatable bonds is 2. The highest BCUT2D eigenvalue weighted by atomic mass is 32.1. The van der Waals surface area contributed by atoms with Gasteiger partial charge in [0.1, 0.15) is 10.6 Å². The maximum Gasteiger partial charge on any atom is 0.348 e. The van der Waals surface area contributed by atoms with E-state index in [-0.39, 0.29) is 16.4 Å². The zero-order chi connectivity index (χ0) is 9.30. The number of nitrogens with zero attached hydrogens (tertiary/aromatic N) is 1. The number of hydrogen-bond acceptors (Lipinski definition) is 4. The van der Waals surface area contributed by atoms with Gasteiger partial charge >= 0.3 is 5.97 Å². The summed E-state index contributed by atoms with van der Waals surface area (Å²) in [7, 11) is 0. The van der Waals surface area contributed by atoms with Gasteiger partial charge in [-0.15, -0.1) is 11.3 Å². The van der Waals surface area contributed by atoms with E-state index < -0.39 is 5.97 Å². The van der Waals surface area contributed by atoms with E-state index in [1.54, 1.807) is 6.92 Å². The summed E-state index contributed by atoms with van der Waals surface area (Å²) in [6.07, 6.45) is 0. The Labute approximate surface area is 72.9 Å². The average Bonchev–Trinajstić information content (AvgIpc) is 2.31. The van der Waals surface area contributed by atoms with E-state index in [0.717, 1.165) is 11.3 Å². The van der Waals surface area contributed by atoms with Crippen molar-refractivity contribution in [1.82, 2.24) is 4.98 Å². The first kappa shape index (κ1) is 8.86. The molecule has 1 N–H and O–H groups in total. The van der Waals surface area contributed by atoms with Crippen LogP contribution in [-0.2, 0) is 0 Å². The van der Waals surface area contributed by atoms with Gasteiger partial charge in [0.15, 0.2) is 5.78 Å². The van der Waals surface area contributed by atoms with Crippen LogP contribution in [0.4, 0.5) is 0 Å². The summed E-state index contributed by atoms with van der Waals surface area (Å²) in [5.74, 6) is -1.40. The van der Waals surface area contributed by atoms with Gasteiger partial charge in [0.2, 0.25) is 0 Å². The van der Waals surface area contributed by atoms with Gasteiger partial charge in [0.25, 0.3) is 0 Å². The number of aryl methyl sites for hydroxylation is 1. The minimum atomic E-state index is -1.09. The molecular weight excluding hydrogens is 178 g/mol. The molecule has 0 aromatic carbocycles. The van der Waals surface area contributed by atoms with Crippen molar-refractivity contribution in [3.05, 3.63) is 15.6 Å². The summed E-state index contributed by atoms with van der Waals surface area (Å²) in [6.45, 7) is 2.98. The first-order valence-electron chi connectivity index (χ1n) is 3.24. The number of thiazole rings is 1. The molecule has 0 unspecified atom stereocenters. The van der Waals surface area contributed by atoms with Crippen molar-refractivity contribution >= 4 is 23.1 Å². The van der Waals surface area contributed by atoms with Crippen LogP contribution in [0.1, 0.15) is 32.1 Å². The normalized spacial score (nSPS) is 9.83. The van der Waals surface area contributed by atoms with Crippen molar-refractivity contribution < 1.29 is 14.7 Å². The number of carbonyl (C=O) groups excluding carboxylic acids is 1. The van der Waals surface area contributed by atoms with E-state index in [1.807, 2.05) is 0 Å². The first-order chi connectivity index (χ1) is 5.52. The van der Waals surface area contributed by atoms with Crippen LogP contribution in [0.3, 0.4) is 0 Å². The largest absolute Gasteiger partial charge is 0.477 e. The Balaban J connectivity index is 3.26. The lowest BCUT2D eigenvalue weighted by Gasteiger charge is -1.89. The molecule has 0 aliphatic heterocycles. The number of carbonyl (C=O) groups is 2. The van der Waals surface area contributed by atoms with E-state index in [4.69, 9.17) is 5.11 Å². The fourth-order valence-corrected chi connectivity index (χ4v) is 1.62. The van der Waals surface area contributed by atoms with E-state index in [0.29, 0.717) is 5.01 Å². The second kappa shape index (κ2) is 3.02. The predicted octanol–water partition coefficient (Wildman–Crippen LogP) is 1.35. The van der Waals surface area contributed by atoms with Crippen LogP contribution in [0.5, 0.6) is 0 Å². The Morgan fingerprint density at radius 3 is 2.42 bits per heavy atom. The maximum atomic E-state index is 10.9. The fraction of sp³-hybridized carbons (Fsp3) is 0.286. The molecular formula is C7H7NO3S. The highest BCUT2D eigenvalue weighted by Crippen LogP contribution is 2.17. The van der Waals surface area contributed by atoms with Gasteiger partial charge < -0.3 is 5.11 Å². The smallest absolute Gasteiger partial charge is 0.348 e. The SMILES string of the molecule is CC(=O)c1nc(C)sc1C(=O)O. The molecule has 0 amide bonds. The Bertz CT molecular complexity index is 311. The zero-order valence-corrected chi connectivity index (χ0v) is 7.44. The van der Waals surface area contributed by atoms with E-state index in [9.17, 15) is 9.59 Å². The molecule has 0 aliphatic carbocycles. The molecule has 1 rings (SSSR count). The van der Waals surface area contributed by atoms with Crippen molar-refractivity contribution in [1.29, 1.82) is 0 Å². The fourth-order valence-electron chi connectivity index (χ4n) is 0.811. The molecule has 0 aliphatic rings. The van der Waals surface area contributed by atoms with Crippen LogP contribution in [-0.4, -0.2) is 21.8 Å². The molecule has 0 atom stereocenters. The number of aromatic carboxylic acids is 1. The highest BCUT2D eigenvalue weighted by Gasteiger charge is 2.18. The second-order valence-electron chi connectivity index (χ2n) is 2.27. The van der Waals surface area contributed by atoms with Crippen LogP contribution < -0.4 is 0 Å². The molecule has 64 valence electrons. The van der Waals surface area contributed by atoms with E-state index >= 15 is 0 Å². The van der Waals surface area contributed by atoms with Crippen LogP contribution >= 0.6 is 11.3 Å². The van der Waals surface area contributed by atoms with Crippen LogP contribution in [0.15, 0.2) is 0 Å². The molecule has 1 aromatic heterocycles. The lowest BCUT2D eigenvalue weighted by atomic mass is 10.3. The summed E-state index contributed by atoms with van der Waals surface area (Å²) in [5, 5.41) is 9.24. The molecule has 12 heavy (non-hydrogen) atoms. The van der Waals surface area contributed by atoms with Crippen LogP contribution in [0, 0.1) is 6.92 Å². The number of ketones is 1. The molecule has 0 saturated heterocycles. The molecule has 5 heteroatoms. The van der Waals surface area contributed by atoms with Gasteiger partial charge in [-0.25, -0.2) is 9.78 Å². The Morgan fingerprint density at radius 2 is 2.08 bits per heavy atom. The number of aromatic nitrogens is 1. The summed E-state index contributed by atoms with van der Waals surface area (Å²) in [6, 6.07) is 0. The topological polar surface area (TPSA) is 67.3 Å². The van der Waals surface area contributed by atoms with Crippen LogP contribution in [0.25, 0.3) is 0 Å². The van der Waals surface area contributed by atoms with Crippen molar-refractivity contribution in [2.75, 3.05) is 0 Å². The van der Waals surface area contributed by atoms with Crippen molar-refractivity contribution in [3.8, 4) is 0 Å². The predicted molar refractivity (Wildman–Crippen MR) is 43.8 cm³/mol. The molecule has 0 spiro atoms. The Kier molecular flexibility index (Phi) is 2.23. The summed E-state index contributed by atoms with van der Waals surface area (Å²) in [4.78, 5) is 25.3.